The summed E-state index contributed by atoms with van der Waals surface area (Å²) in [6, 6.07) is 9.69. The Morgan fingerprint density at radius 2 is 1.38 bits per heavy atom. The van der Waals surface area contributed by atoms with Crippen molar-refractivity contribution in [3.05, 3.63) is 30.3 Å². The standard InChI is InChI=1S/C26H46O3SSi2/c1-12-16-22(28-31(8,9)25(2,3)4)21-23(29-32(10,11)26(5,6)7)19-20-30(27)24-17-14-13-15-18-24/h1,13-15,17-18,22-23H,16,19-21H2,2-11H3/t22-,23-,30?/m1/s1. The number of hydrogen-bond acceptors (Lipinski definition) is 3. The minimum absolute atomic E-state index is 0.0216. The van der Waals surface area contributed by atoms with Gasteiger partial charge < -0.3 is 8.85 Å². The lowest BCUT2D eigenvalue weighted by molar-refractivity contribution is 0.0928. The molecule has 0 bridgehead atoms. The summed E-state index contributed by atoms with van der Waals surface area (Å²) in [7, 11) is -5.01. The Kier molecular flexibility index (Phi) is 10.6. The summed E-state index contributed by atoms with van der Waals surface area (Å²) in [5.41, 5.74) is 0. The van der Waals surface area contributed by atoms with E-state index in [2.05, 4.69) is 73.7 Å². The highest BCUT2D eigenvalue weighted by Gasteiger charge is 2.42. The molecule has 6 heteroatoms. The first-order valence-electron chi connectivity index (χ1n) is 11.7. The zero-order valence-electron chi connectivity index (χ0n) is 22.1. The van der Waals surface area contributed by atoms with Gasteiger partial charge in [0, 0.05) is 23.2 Å². The van der Waals surface area contributed by atoms with Crippen molar-refractivity contribution in [3.63, 3.8) is 0 Å². The second kappa shape index (κ2) is 11.6. The van der Waals surface area contributed by atoms with Gasteiger partial charge in [-0.25, -0.2) is 0 Å². The average molecular weight is 495 g/mol. The molecule has 0 radical (unpaired) electrons. The Balaban J connectivity index is 3.06. The van der Waals surface area contributed by atoms with Crippen LogP contribution in [0, 0.1) is 12.3 Å². The molecule has 3 atom stereocenters. The molecule has 1 unspecified atom stereocenters. The summed E-state index contributed by atoms with van der Waals surface area (Å²) in [5, 5.41) is 0.218. The van der Waals surface area contributed by atoms with E-state index in [9.17, 15) is 4.21 Å². The van der Waals surface area contributed by atoms with E-state index in [1.54, 1.807) is 0 Å². The minimum Gasteiger partial charge on any atom is -0.414 e. The van der Waals surface area contributed by atoms with E-state index in [0.717, 1.165) is 17.7 Å². The lowest BCUT2D eigenvalue weighted by Gasteiger charge is -2.42. The molecule has 182 valence electrons. The van der Waals surface area contributed by atoms with E-state index in [0.29, 0.717) is 12.2 Å². The van der Waals surface area contributed by atoms with Crippen molar-refractivity contribution in [1.29, 1.82) is 0 Å². The van der Waals surface area contributed by atoms with Gasteiger partial charge in [-0.15, -0.1) is 12.3 Å². The van der Waals surface area contributed by atoms with Gasteiger partial charge in [-0.05, 0) is 61.2 Å². The largest absolute Gasteiger partial charge is 0.414 e. The van der Waals surface area contributed by atoms with E-state index in [1.807, 2.05) is 30.3 Å². The topological polar surface area (TPSA) is 35.5 Å². The predicted molar refractivity (Wildman–Crippen MR) is 145 cm³/mol. The molecule has 3 nitrogen and oxygen atoms in total. The molecule has 1 rings (SSSR count). The Morgan fingerprint density at radius 3 is 1.81 bits per heavy atom. The molecule has 0 aliphatic carbocycles. The van der Waals surface area contributed by atoms with Gasteiger partial charge in [0.1, 0.15) is 0 Å². The fourth-order valence-electron chi connectivity index (χ4n) is 2.94. The van der Waals surface area contributed by atoms with Crippen LogP contribution < -0.4 is 0 Å². The summed E-state index contributed by atoms with van der Waals surface area (Å²) in [5.74, 6) is 3.40. The quantitative estimate of drug-likeness (QED) is 0.238. The molecular formula is C26H46O3SSi2. The smallest absolute Gasteiger partial charge is 0.192 e. The molecule has 0 spiro atoms. The maximum Gasteiger partial charge on any atom is 0.192 e. The molecule has 0 aliphatic heterocycles. The van der Waals surface area contributed by atoms with E-state index in [1.165, 1.54) is 0 Å². The molecule has 0 N–H and O–H groups in total. The first-order chi connectivity index (χ1) is 14.5. The summed E-state index contributed by atoms with van der Waals surface area (Å²) >= 11 is 0. The molecule has 1 aromatic carbocycles. The number of benzene rings is 1. The molecule has 32 heavy (non-hydrogen) atoms. The van der Waals surface area contributed by atoms with Crippen LogP contribution in [-0.4, -0.2) is 38.8 Å². The average Bonchev–Trinajstić information content (AvgIpc) is 2.64. The third-order valence-electron chi connectivity index (χ3n) is 7.04. The van der Waals surface area contributed by atoms with E-state index in [-0.39, 0.29) is 22.3 Å². The zero-order chi connectivity index (χ0) is 24.8. The van der Waals surface area contributed by atoms with Crippen LogP contribution in [0.4, 0.5) is 0 Å². The third kappa shape index (κ3) is 8.91. The van der Waals surface area contributed by atoms with Crippen molar-refractivity contribution < 1.29 is 13.1 Å². The Morgan fingerprint density at radius 1 is 0.906 bits per heavy atom. The number of hydrogen-bond donors (Lipinski definition) is 0. The van der Waals surface area contributed by atoms with Gasteiger partial charge in [-0.1, -0.05) is 59.7 Å². The zero-order valence-corrected chi connectivity index (χ0v) is 24.9. The van der Waals surface area contributed by atoms with E-state index in [4.69, 9.17) is 15.3 Å². The number of terminal acetylenes is 1. The molecule has 0 fully saturated rings. The van der Waals surface area contributed by atoms with Crippen molar-refractivity contribution in [2.75, 3.05) is 5.75 Å². The first kappa shape index (κ1) is 29.3. The molecule has 1 aromatic rings. The monoisotopic (exact) mass is 494 g/mol. The maximum atomic E-state index is 12.9. The van der Waals surface area contributed by atoms with Crippen LogP contribution in [0.1, 0.15) is 60.8 Å². The lowest BCUT2D eigenvalue weighted by atomic mass is 10.1. The second-order valence-corrected chi connectivity index (χ2v) is 22.9. The normalized spacial score (nSPS) is 16.3. The SMILES string of the molecule is C#CC[C@H](C[C@@H](CCS(=O)c1ccccc1)O[Si](C)(C)C(C)(C)C)O[Si](C)(C)C(C)(C)C. The molecule has 0 aromatic heterocycles. The summed E-state index contributed by atoms with van der Waals surface area (Å²) < 4.78 is 26.5. The van der Waals surface area contributed by atoms with Crippen LogP contribution in [0.15, 0.2) is 35.2 Å². The third-order valence-corrected chi connectivity index (χ3v) is 17.5. The van der Waals surface area contributed by atoms with Gasteiger partial charge in [-0.2, -0.15) is 0 Å². The molecule has 0 amide bonds. The van der Waals surface area contributed by atoms with Gasteiger partial charge in [0.25, 0.3) is 0 Å². The first-order valence-corrected chi connectivity index (χ1v) is 18.9. The van der Waals surface area contributed by atoms with Crippen molar-refractivity contribution >= 4 is 27.4 Å². The van der Waals surface area contributed by atoms with Crippen LogP contribution in [-0.2, 0) is 19.7 Å². The number of rotatable bonds is 11. The Hall–Kier alpha value is -0.716. The van der Waals surface area contributed by atoms with Crippen molar-refractivity contribution in [1.82, 2.24) is 0 Å². The molecular weight excluding hydrogens is 449 g/mol. The van der Waals surface area contributed by atoms with Crippen LogP contribution in [0.2, 0.25) is 36.3 Å². The summed E-state index contributed by atoms with van der Waals surface area (Å²) in [4.78, 5) is 0.872. The molecule has 0 saturated carbocycles. The fourth-order valence-corrected chi connectivity index (χ4v) is 6.88. The van der Waals surface area contributed by atoms with Gasteiger partial charge in [0.2, 0.25) is 0 Å². The minimum atomic E-state index is -2.00. The van der Waals surface area contributed by atoms with Crippen LogP contribution in [0.25, 0.3) is 0 Å². The lowest BCUT2D eigenvalue weighted by Crippen LogP contribution is -2.47. The van der Waals surface area contributed by atoms with Crippen LogP contribution in [0.3, 0.4) is 0 Å². The summed E-state index contributed by atoms with van der Waals surface area (Å²) in [6.45, 7) is 22.6. The van der Waals surface area contributed by atoms with Gasteiger partial charge in [-0.3, -0.25) is 4.21 Å². The van der Waals surface area contributed by atoms with Crippen molar-refractivity contribution in [2.24, 2.45) is 0 Å². The van der Waals surface area contributed by atoms with Crippen molar-refractivity contribution in [2.45, 2.75) is 114 Å². The highest BCUT2D eigenvalue weighted by Crippen LogP contribution is 2.40. The summed E-state index contributed by atoms with van der Waals surface area (Å²) in [6.07, 6.45) is 7.72. The van der Waals surface area contributed by atoms with Gasteiger partial charge in [0.05, 0.1) is 16.9 Å². The van der Waals surface area contributed by atoms with Crippen LogP contribution >= 0.6 is 0 Å². The molecule has 0 aliphatic rings. The fraction of sp³-hybridized carbons (Fsp3) is 0.692. The maximum absolute atomic E-state index is 12.9. The van der Waals surface area contributed by atoms with Crippen LogP contribution in [0.5, 0.6) is 0 Å². The Bertz CT molecular complexity index is 771. The second-order valence-electron chi connectivity index (χ2n) is 11.8. The van der Waals surface area contributed by atoms with Gasteiger partial charge >= 0.3 is 0 Å². The Labute approximate surface area is 202 Å². The highest BCUT2D eigenvalue weighted by atomic mass is 32.2. The van der Waals surface area contributed by atoms with Crippen molar-refractivity contribution in [3.8, 4) is 12.3 Å². The highest BCUT2D eigenvalue weighted by molar-refractivity contribution is 7.85. The van der Waals surface area contributed by atoms with E-state index >= 15 is 0 Å². The van der Waals surface area contributed by atoms with E-state index < -0.39 is 27.4 Å². The van der Waals surface area contributed by atoms with Gasteiger partial charge in [0.15, 0.2) is 16.6 Å². The molecule has 0 heterocycles. The molecule has 0 saturated heterocycles. The predicted octanol–water partition coefficient (Wildman–Crippen LogP) is 7.38.